The van der Waals surface area contributed by atoms with Crippen LogP contribution in [0.2, 0.25) is 0 Å². The number of carbonyl (C=O) groups is 2. The molecule has 1 atom stereocenters. The van der Waals surface area contributed by atoms with Gasteiger partial charge in [0.2, 0.25) is 5.91 Å². The van der Waals surface area contributed by atoms with Gasteiger partial charge < -0.3 is 15.8 Å². The molecule has 0 aliphatic rings. The van der Waals surface area contributed by atoms with Crippen LogP contribution in [0, 0.1) is 5.92 Å². The lowest BCUT2D eigenvalue weighted by atomic mass is 9.90. The zero-order valence-electron chi connectivity index (χ0n) is 13.1. The summed E-state index contributed by atoms with van der Waals surface area (Å²) in [6.45, 7) is 9.42. The topological polar surface area (TPSA) is 94.3 Å². The second kappa shape index (κ2) is 6.89. The van der Waals surface area contributed by atoms with Crippen LogP contribution in [0.1, 0.15) is 40.3 Å². The average Bonchev–Trinajstić information content (AvgIpc) is 2.84. The molecule has 0 aliphatic carbocycles. The number of nitrogens with two attached hydrogens (primary N) is 1. The van der Waals surface area contributed by atoms with Crippen LogP contribution < -0.4 is 11.1 Å². The van der Waals surface area contributed by atoms with E-state index in [9.17, 15) is 9.59 Å². The molecular weight excluding hydrogens is 290 g/mol. The Kier molecular flexibility index (Phi) is 5.71. The molecule has 1 heterocycles. The minimum Gasteiger partial charge on any atom is -0.465 e. The van der Waals surface area contributed by atoms with Gasteiger partial charge in [-0.15, -0.1) is 11.3 Å². The number of thiazole rings is 1. The van der Waals surface area contributed by atoms with Gasteiger partial charge in [0.05, 0.1) is 12.3 Å². The van der Waals surface area contributed by atoms with Crippen molar-refractivity contribution in [2.75, 3.05) is 11.9 Å². The number of ether oxygens (including phenoxy) is 1. The number of amides is 1. The zero-order valence-corrected chi connectivity index (χ0v) is 13.9. The Morgan fingerprint density at radius 1 is 1.48 bits per heavy atom. The molecular formula is C14H23N3O3S. The van der Waals surface area contributed by atoms with Crippen molar-refractivity contribution < 1.29 is 14.3 Å². The van der Waals surface area contributed by atoms with Crippen LogP contribution in [-0.4, -0.2) is 29.5 Å². The highest BCUT2D eigenvalue weighted by Crippen LogP contribution is 2.29. The molecule has 1 unspecified atom stereocenters. The van der Waals surface area contributed by atoms with E-state index in [4.69, 9.17) is 10.5 Å². The highest BCUT2D eigenvalue weighted by atomic mass is 32.1. The van der Waals surface area contributed by atoms with Crippen molar-refractivity contribution in [3.8, 4) is 0 Å². The summed E-state index contributed by atoms with van der Waals surface area (Å²) in [7, 11) is 0. The van der Waals surface area contributed by atoms with E-state index >= 15 is 0 Å². The number of rotatable bonds is 7. The SMILES string of the molecule is CCOC(=O)C(C)(C)c1csc(NC(C(N)=O)C(C)C)n1. The Labute approximate surface area is 129 Å². The largest absolute Gasteiger partial charge is 0.465 e. The van der Waals surface area contributed by atoms with E-state index < -0.39 is 17.4 Å². The highest BCUT2D eigenvalue weighted by Gasteiger charge is 2.34. The normalized spacial score (nSPS) is 13.0. The average molecular weight is 313 g/mol. The molecule has 3 N–H and O–H groups in total. The van der Waals surface area contributed by atoms with E-state index in [1.165, 1.54) is 11.3 Å². The Balaban J connectivity index is 2.90. The van der Waals surface area contributed by atoms with Gasteiger partial charge in [0.25, 0.3) is 0 Å². The Bertz CT molecular complexity index is 511. The minimum atomic E-state index is -0.827. The number of nitrogens with zero attached hydrogens (tertiary/aromatic N) is 1. The standard InChI is InChI=1S/C14H23N3O3S/c1-6-20-12(19)14(4,5)9-7-21-13(16-9)17-10(8(2)3)11(15)18/h7-8,10H,6H2,1-5H3,(H2,15,18)(H,16,17). The summed E-state index contributed by atoms with van der Waals surface area (Å²) >= 11 is 1.34. The maximum atomic E-state index is 12.0. The third-order valence-electron chi connectivity index (χ3n) is 3.18. The van der Waals surface area contributed by atoms with Gasteiger partial charge in [0.1, 0.15) is 11.5 Å². The van der Waals surface area contributed by atoms with Gasteiger partial charge >= 0.3 is 5.97 Å². The number of anilines is 1. The molecule has 0 radical (unpaired) electrons. The maximum absolute atomic E-state index is 12.0. The molecule has 1 rings (SSSR count). The van der Waals surface area contributed by atoms with Crippen LogP contribution in [0.15, 0.2) is 5.38 Å². The van der Waals surface area contributed by atoms with Crippen molar-refractivity contribution in [3.05, 3.63) is 11.1 Å². The summed E-state index contributed by atoms with van der Waals surface area (Å²) < 4.78 is 5.06. The van der Waals surface area contributed by atoms with E-state index in [0.717, 1.165) is 0 Å². The number of primary amides is 1. The molecule has 0 bridgehead atoms. The first-order valence-electron chi connectivity index (χ1n) is 6.89. The van der Waals surface area contributed by atoms with Gasteiger partial charge in [-0.25, -0.2) is 4.98 Å². The van der Waals surface area contributed by atoms with E-state index in [0.29, 0.717) is 17.4 Å². The van der Waals surface area contributed by atoms with Crippen LogP contribution >= 0.6 is 11.3 Å². The first kappa shape index (κ1) is 17.4. The smallest absolute Gasteiger partial charge is 0.317 e. The maximum Gasteiger partial charge on any atom is 0.317 e. The quantitative estimate of drug-likeness (QED) is 0.750. The van der Waals surface area contributed by atoms with E-state index in [1.807, 2.05) is 13.8 Å². The Morgan fingerprint density at radius 2 is 2.10 bits per heavy atom. The number of hydrogen-bond acceptors (Lipinski definition) is 6. The fraction of sp³-hybridized carbons (Fsp3) is 0.643. The predicted octanol–water partition coefficient (Wildman–Crippen LogP) is 1.91. The summed E-state index contributed by atoms with van der Waals surface area (Å²) in [5.41, 5.74) is 5.15. The number of aromatic nitrogens is 1. The van der Waals surface area contributed by atoms with Crippen molar-refractivity contribution in [2.45, 2.75) is 46.1 Å². The van der Waals surface area contributed by atoms with E-state index in [-0.39, 0.29) is 11.9 Å². The lowest BCUT2D eigenvalue weighted by molar-refractivity contribution is -0.148. The highest BCUT2D eigenvalue weighted by molar-refractivity contribution is 7.13. The molecule has 7 heteroatoms. The first-order chi connectivity index (χ1) is 9.70. The summed E-state index contributed by atoms with van der Waals surface area (Å²) in [5.74, 6) is -0.698. The molecule has 21 heavy (non-hydrogen) atoms. The Hall–Kier alpha value is -1.63. The third-order valence-corrected chi connectivity index (χ3v) is 3.96. The third kappa shape index (κ3) is 4.17. The molecule has 1 amide bonds. The van der Waals surface area contributed by atoms with Gasteiger partial charge in [-0.1, -0.05) is 13.8 Å². The van der Waals surface area contributed by atoms with Gasteiger partial charge in [-0.05, 0) is 26.7 Å². The monoisotopic (exact) mass is 313 g/mol. The molecule has 1 aromatic rings. The van der Waals surface area contributed by atoms with Crippen molar-refractivity contribution in [1.82, 2.24) is 4.98 Å². The predicted molar refractivity (Wildman–Crippen MR) is 83.2 cm³/mol. The zero-order chi connectivity index (χ0) is 16.2. The minimum absolute atomic E-state index is 0.0490. The fourth-order valence-electron chi connectivity index (χ4n) is 1.74. The second-order valence-electron chi connectivity index (χ2n) is 5.65. The van der Waals surface area contributed by atoms with Crippen molar-refractivity contribution >= 4 is 28.3 Å². The summed E-state index contributed by atoms with van der Waals surface area (Å²) in [4.78, 5) is 27.8. The molecule has 0 saturated carbocycles. The molecule has 0 spiro atoms. The lowest BCUT2D eigenvalue weighted by Crippen LogP contribution is -2.39. The first-order valence-corrected chi connectivity index (χ1v) is 7.77. The molecule has 1 aromatic heterocycles. The second-order valence-corrected chi connectivity index (χ2v) is 6.51. The van der Waals surface area contributed by atoms with Crippen LogP contribution in [0.4, 0.5) is 5.13 Å². The number of hydrogen-bond donors (Lipinski definition) is 2. The number of nitrogens with one attached hydrogen (secondary N) is 1. The molecule has 0 aromatic carbocycles. The van der Waals surface area contributed by atoms with Crippen LogP contribution in [0.3, 0.4) is 0 Å². The van der Waals surface area contributed by atoms with Crippen molar-refractivity contribution in [3.63, 3.8) is 0 Å². The summed E-state index contributed by atoms with van der Waals surface area (Å²) in [6.07, 6.45) is 0. The molecule has 6 nitrogen and oxygen atoms in total. The van der Waals surface area contributed by atoms with Gasteiger partial charge in [0, 0.05) is 5.38 Å². The molecule has 118 valence electrons. The van der Waals surface area contributed by atoms with Gasteiger partial charge in [-0.2, -0.15) is 0 Å². The van der Waals surface area contributed by atoms with E-state index in [2.05, 4.69) is 10.3 Å². The summed E-state index contributed by atoms with van der Waals surface area (Å²) in [6, 6.07) is -0.491. The summed E-state index contributed by atoms with van der Waals surface area (Å²) in [5, 5.41) is 5.38. The molecule has 0 fully saturated rings. The van der Waals surface area contributed by atoms with Crippen LogP contribution in [0.25, 0.3) is 0 Å². The van der Waals surface area contributed by atoms with Crippen molar-refractivity contribution in [2.24, 2.45) is 11.7 Å². The Morgan fingerprint density at radius 3 is 2.57 bits per heavy atom. The number of esters is 1. The number of carbonyl (C=O) groups excluding carboxylic acids is 2. The fourth-order valence-corrected chi connectivity index (χ4v) is 2.66. The van der Waals surface area contributed by atoms with E-state index in [1.54, 1.807) is 26.2 Å². The van der Waals surface area contributed by atoms with Gasteiger partial charge in [-0.3, -0.25) is 9.59 Å². The van der Waals surface area contributed by atoms with Gasteiger partial charge in [0.15, 0.2) is 5.13 Å². The lowest BCUT2D eigenvalue weighted by Gasteiger charge is -2.20. The van der Waals surface area contributed by atoms with Crippen LogP contribution in [0.5, 0.6) is 0 Å². The van der Waals surface area contributed by atoms with Crippen LogP contribution in [-0.2, 0) is 19.7 Å². The molecule has 0 aliphatic heterocycles. The van der Waals surface area contributed by atoms with Crippen molar-refractivity contribution in [1.29, 1.82) is 0 Å². The molecule has 0 saturated heterocycles.